The summed E-state index contributed by atoms with van der Waals surface area (Å²) in [7, 11) is 1.56. The molecule has 0 heterocycles. The highest BCUT2D eigenvalue weighted by atomic mass is 31.2. The molecule has 3 unspecified atom stereocenters. The van der Waals surface area contributed by atoms with E-state index < -0.39 is 20.0 Å². The molecule has 3 N–H and O–H groups in total. The molecule has 9 heteroatoms. The van der Waals surface area contributed by atoms with Gasteiger partial charge in [-0.15, -0.1) is 0 Å². The van der Waals surface area contributed by atoms with Gasteiger partial charge in [-0.25, -0.2) is 4.57 Å². The van der Waals surface area contributed by atoms with Crippen molar-refractivity contribution in [2.45, 2.75) is 296 Å². The van der Waals surface area contributed by atoms with Crippen LogP contribution in [-0.2, 0) is 18.4 Å². The summed E-state index contributed by atoms with van der Waals surface area (Å²) in [6, 6.07) is -0.862. The topological polar surface area (TPSA) is 105 Å². The van der Waals surface area contributed by atoms with Crippen molar-refractivity contribution in [2.24, 2.45) is 0 Å². The van der Waals surface area contributed by atoms with Gasteiger partial charge >= 0.3 is 7.82 Å². The second-order valence-electron chi connectivity index (χ2n) is 21.4. The Morgan fingerprint density at radius 1 is 0.485 bits per heavy atom. The van der Waals surface area contributed by atoms with Gasteiger partial charge in [0, 0.05) is 6.42 Å². The van der Waals surface area contributed by atoms with Crippen molar-refractivity contribution < 1.29 is 32.9 Å². The number of nitrogens with one attached hydrogen (secondary N) is 1. The van der Waals surface area contributed by atoms with Crippen LogP contribution in [0, 0.1) is 0 Å². The summed E-state index contributed by atoms with van der Waals surface area (Å²) >= 11 is 0. The number of aliphatic hydroxyl groups excluding tert-OH is 1. The third kappa shape index (κ3) is 52.5. The Morgan fingerprint density at radius 2 is 0.809 bits per heavy atom. The van der Waals surface area contributed by atoms with E-state index in [1.54, 1.807) is 6.08 Å². The molecule has 0 aliphatic heterocycles. The molecule has 0 aromatic rings. The molecule has 8 nitrogen and oxygen atoms in total. The van der Waals surface area contributed by atoms with Crippen LogP contribution in [0.25, 0.3) is 0 Å². The minimum atomic E-state index is -4.35. The van der Waals surface area contributed by atoms with Crippen LogP contribution in [0.5, 0.6) is 0 Å². The zero-order valence-electron chi connectivity index (χ0n) is 45.9. The van der Waals surface area contributed by atoms with Crippen molar-refractivity contribution in [3.05, 3.63) is 36.5 Å². The maximum absolute atomic E-state index is 13.0. The van der Waals surface area contributed by atoms with Crippen LogP contribution in [0.4, 0.5) is 0 Å². The molecule has 0 fully saturated rings. The van der Waals surface area contributed by atoms with Crippen molar-refractivity contribution in [2.75, 3.05) is 40.9 Å². The van der Waals surface area contributed by atoms with Crippen molar-refractivity contribution in [3.63, 3.8) is 0 Å². The Kier molecular flexibility index (Phi) is 49.7. The molecule has 0 aliphatic rings. The molecule has 0 rings (SSSR count). The predicted molar refractivity (Wildman–Crippen MR) is 295 cm³/mol. The van der Waals surface area contributed by atoms with Gasteiger partial charge in [-0.3, -0.25) is 13.8 Å². The monoisotopic (exact) mass is 980 g/mol. The lowest BCUT2D eigenvalue weighted by molar-refractivity contribution is -0.870. The van der Waals surface area contributed by atoms with E-state index >= 15 is 0 Å². The molecular formula is C59H116N2O6P+. The molecule has 0 aliphatic carbocycles. The summed E-state index contributed by atoms with van der Waals surface area (Å²) in [6.07, 6.45) is 65.4. The minimum absolute atomic E-state index is 0.0571. The molecule has 68 heavy (non-hydrogen) atoms. The molecule has 3 atom stereocenters. The molecule has 402 valence electrons. The minimum Gasteiger partial charge on any atom is -0.387 e. The number of amides is 1. The van der Waals surface area contributed by atoms with Crippen LogP contribution in [0.2, 0.25) is 0 Å². The number of hydrogen-bond acceptors (Lipinski definition) is 5. The molecule has 1 amide bonds. The van der Waals surface area contributed by atoms with E-state index in [1.807, 2.05) is 27.2 Å². The predicted octanol–water partition coefficient (Wildman–Crippen LogP) is 17.8. The maximum Gasteiger partial charge on any atom is 0.472 e. The van der Waals surface area contributed by atoms with Gasteiger partial charge in [0.15, 0.2) is 0 Å². The van der Waals surface area contributed by atoms with Crippen molar-refractivity contribution in [3.8, 4) is 0 Å². The fourth-order valence-electron chi connectivity index (χ4n) is 8.70. The van der Waals surface area contributed by atoms with Gasteiger partial charge in [0.1, 0.15) is 13.2 Å². The Hall–Kier alpha value is -1.28. The second-order valence-corrected chi connectivity index (χ2v) is 22.8. The first-order chi connectivity index (χ1) is 33.0. The van der Waals surface area contributed by atoms with Crippen LogP contribution in [0.3, 0.4) is 0 Å². The van der Waals surface area contributed by atoms with Crippen molar-refractivity contribution >= 4 is 13.7 Å². The van der Waals surface area contributed by atoms with Crippen molar-refractivity contribution in [1.29, 1.82) is 0 Å². The van der Waals surface area contributed by atoms with Gasteiger partial charge in [0.2, 0.25) is 5.91 Å². The fraction of sp³-hybridized carbons (Fsp3) is 0.881. The van der Waals surface area contributed by atoms with Crippen LogP contribution in [0.15, 0.2) is 36.5 Å². The maximum atomic E-state index is 13.0. The van der Waals surface area contributed by atoms with E-state index in [0.717, 1.165) is 38.5 Å². The lowest BCUT2D eigenvalue weighted by Gasteiger charge is -2.25. The summed E-state index contributed by atoms with van der Waals surface area (Å²) in [4.78, 5) is 23.3. The number of nitrogens with zero attached hydrogens (tertiary/aromatic N) is 1. The number of carbonyl (C=O) groups excluding carboxylic acids is 1. The number of carbonyl (C=O) groups is 1. The van der Waals surface area contributed by atoms with Crippen LogP contribution in [0.1, 0.15) is 284 Å². The Morgan fingerprint density at radius 3 is 1.18 bits per heavy atom. The van der Waals surface area contributed by atoms with Gasteiger partial charge in [-0.1, -0.05) is 256 Å². The first kappa shape index (κ1) is 66.7. The van der Waals surface area contributed by atoms with E-state index in [0.29, 0.717) is 17.4 Å². The Balaban J connectivity index is 4.14. The van der Waals surface area contributed by atoms with Crippen LogP contribution < -0.4 is 5.32 Å². The average Bonchev–Trinajstić information content (AvgIpc) is 3.30. The third-order valence-electron chi connectivity index (χ3n) is 13.3. The zero-order valence-corrected chi connectivity index (χ0v) is 46.8. The van der Waals surface area contributed by atoms with Gasteiger partial charge < -0.3 is 19.8 Å². The number of unbranched alkanes of at least 4 members (excludes halogenated alkanes) is 37. The molecule has 0 spiro atoms. The molecule has 0 radical (unpaired) electrons. The summed E-state index contributed by atoms with van der Waals surface area (Å²) in [5.41, 5.74) is 0. The second kappa shape index (κ2) is 50.7. The summed E-state index contributed by atoms with van der Waals surface area (Å²) in [5.74, 6) is -0.184. The first-order valence-corrected chi connectivity index (χ1v) is 30.9. The van der Waals surface area contributed by atoms with E-state index in [-0.39, 0.29) is 19.1 Å². The van der Waals surface area contributed by atoms with Gasteiger partial charge in [0.25, 0.3) is 0 Å². The molecule has 0 saturated carbocycles. The molecule has 0 bridgehead atoms. The highest BCUT2D eigenvalue weighted by molar-refractivity contribution is 7.47. The number of aliphatic hydroxyl groups is 1. The molecule has 0 aromatic heterocycles. The quantitative estimate of drug-likeness (QED) is 0.0243. The van der Waals surface area contributed by atoms with E-state index in [4.69, 9.17) is 9.05 Å². The van der Waals surface area contributed by atoms with E-state index in [9.17, 15) is 19.4 Å². The number of hydrogen-bond donors (Lipinski definition) is 3. The molecule has 0 saturated heterocycles. The van der Waals surface area contributed by atoms with Crippen LogP contribution >= 0.6 is 7.82 Å². The normalized spacial score (nSPS) is 14.2. The zero-order chi connectivity index (χ0) is 49.9. The third-order valence-corrected chi connectivity index (χ3v) is 14.3. The molecular weight excluding hydrogens is 864 g/mol. The largest absolute Gasteiger partial charge is 0.472 e. The lowest BCUT2D eigenvalue weighted by atomic mass is 10.0. The highest BCUT2D eigenvalue weighted by Crippen LogP contribution is 2.43. The van der Waals surface area contributed by atoms with E-state index in [1.165, 1.54) is 225 Å². The smallest absolute Gasteiger partial charge is 0.387 e. The van der Waals surface area contributed by atoms with Crippen molar-refractivity contribution in [1.82, 2.24) is 5.32 Å². The van der Waals surface area contributed by atoms with E-state index in [2.05, 4.69) is 43.5 Å². The SMILES string of the molecule is CCCCCCCCCCCCC/C=C/CC/C=C/C(O)C(COP(=O)(O)OCC[N+](C)(C)C)NC(=O)CCCCCCCCCCCCCCC/C=C\CCCCCCCCCCCCCC. The fourth-order valence-corrected chi connectivity index (χ4v) is 9.44. The number of phosphoric acid groups is 1. The summed E-state index contributed by atoms with van der Waals surface area (Å²) in [6.45, 7) is 4.83. The number of quaternary nitrogens is 1. The summed E-state index contributed by atoms with van der Waals surface area (Å²) in [5, 5.41) is 13.9. The van der Waals surface area contributed by atoms with Gasteiger partial charge in [0.05, 0.1) is 39.9 Å². The number of likely N-dealkylation sites (N-methyl/N-ethyl adjacent to an activating group) is 1. The number of phosphoric ester groups is 1. The Bertz CT molecular complexity index is 1200. The van der Waals surface area contributed by atoms with Gasteiger partial charge in [-0.05, 0) is 57.8 Å². The standard InChI is InChI=1S/C59H115N2O6P/c1-6-8-10-12-14-16-18-20-22-24-25-26-27-28-29-30-31-32-33-34-35-37-39-41-43-45-47-49-51-53-59(63)60-57(56-67-68(64,65)66-55-54-61(3,4)5)58(62)52-50-48-46-44-42-40-38-36-23-21-19-17-15-13-11-9-7-2/h28-29,42,44,50,52,57-58,62H,6-27,30-41,43,45-49,51,53-56H2,1-5H3,(H-,60,63,64,65)/p+1/b29-28-,44-42+,52-50+. The van der Waals surface area contributed by atoms with Gasteiger partial charge in [-0.2, -0.15) is 0 Å². The number of rotatable bonds is 54. The summed E-state index contributed by atoms with van der Waals surface area (Å²) < 4.78 is 23.7. The number of allylic oxidation sites excluding steroid dienone is 5. The Labute approximate surface area is 423 Å². The lowest BCUT2D eigenvalue weighted by Crippen LogP contribution is -2.45. The highest BCUT2D eigenvalue weighted by Gasteiger charge is 2.27. The average molecular weight is 981 g/mol. The molecule has 0 aromatic carbocycles. The van der Waals surface area contributed by atoms with Crippen LogP contribution in [-0.4, -0.2) is 73.4 Å². The first-order valence-electron chi connectivity index (χ1n) is 29.4.